The standard InChI is InChI=1S/C11H18O2/c1-6-7-2-3-8-10(9(7)4-12)5-13-11(6)8/h6-12H,2-5H2,1H3/t6-,7+,8+,9+,10+,11+/m0/s1. The van der Waals surface area contributed by atoms with Gasteiger partial charge in [0.25, 0.3) is 0 Å². The fourth-order valence-electron chi connectivity index (χ4n) is 4.16. The Bertz CT molecular complexity index is 216. The van der Waals surface area contributed by atoms with Crippen LogP contribution in [-0.2, 0) is 4.74 Å². The quantitative estimate of drug-likeness (QED) is 0.662. The lowest BCUT2D eigenvalue weighted by Gasteiger charge is -2.49. The molecule has 0 radical (unpaired) electrons. The van der Waals surface area contributed by atoms with E-state index in [1.54, 1.807) is 0 Å². The minimum atomic E-state index is 0.381. The van der Waals surface area contributed by atoms with Crippen LogP contribution in [0.4, 0.5) is 0 Å². The predicted molar refractivity (Wildman–Crippen MR) is 49.2 cm³/mol. The van der Waals surface area contributed by atoms with E-state index in [1.807, 2.05) is 0 Å². The third-order valence-corrected chi connectivity index (χ3v) is 4.79. The van der Waals surface area contributed by atoms with E-state index >= 15 is 0 Å². The van der Waals surface area contributed by atoms with Crippen LogP contribution in [0.3, 0.4) is 0 Å². The highest BCUT2D eigenvalue weighted by molar-refractivity contribution is 5.03. The first kappa shape index (κ1) is 8.25. The molecule has 0 aromatic carbocycles. The van der Waals surface area contributed by atoms with Gasteiger partial charge in [0.15, 0.2) is 0 Å². The second-order valence-electron chi connectivity index (χ2n) is 5.07. The molecule has 1 N–H and O–H groups in total. The van der Waals surface area contributed by atoms with Crippen molar-refractivity contribution in [1.29, 1.82) is 0 Å². The zero-order chi connectivity index (χ0) is 9.00. The Morgan fingerprint density at radius 3 is 2.77 bits per heavy atom. The molecule has 1 saturated heterocycles. The van der Waals surface area contributed by atoms with Crippen LogP contribution < -0.4 is 0 Å². The van der Waals surface area contributed by atoms with Gasteiger partial charge in [-0.2, -0.15) is 0 Å². The summed E-state index contributed by atoms with van der Waals surface area (Å²) in [6, 6.07) is 0. The molecular formula is C11H18O2. The summed E-state index contributed by atoms with van der Waals surface area (Å²) in [6.45, 7) is 3.61. The van der Waals surface area contributed by atoms with Crippen LogP contribution in [0.1, 0.15) is 19.8 Å². The maximum Gasteiger partial charge on any atom is 0.0635 e. The van der Waals surface area contributed by atoms with Gasteiger partial charge in [0.05, 0.1) is 12.7 Å². The second-order valence-corrected chi connectivity index (χ2v) is 5.07. The number of ether oxygens (including phenoxy) is 1. The number of fused-ring (bicyclic) bond motifs is 1. The van der Waals surface area contributed by atoms with Gasteiger partial charge in [0.1, 0.15) is 0 Å². The van der Waals surface area contributed by atoms with Gasteiger partial charge < -0.3 is 9.84 Å². The van der Waals surface area contributed by atoms with Crippen molar-refractivity contribution in [3.05, 3.63) is 0 Å². The maximum atomic E-state index is 9.40. The van der Waals surface area contributed by atoms with Crippen LogP contribution in [0.25, 0.3) is 0 Å². The molecule has 6 atom stereocenters. The van der Waals surface area contributed by atoms with Crippen molar-refractivity contribution < 1.29 is 9.84 Å². The molecular weight excluding hydrogens is 164 g/mol. The molecule has 0 aromatic rings. The number of aliphatic hydroxyl groups excluding tert-OH is 1. The summed E-state index contributed by atoms with van der Waals surface area (Å²) in [7, 11) is 0. The monoisotopic (exact) mass is 182 g/mol. The Balaban J connectivity index is 1.95. The number of aliphatic hydroxyl groups is 1. The normalized spacial score (nSPS) is 58.6. The number of hydrogen-bond donors (Lipinski definition) is 1. The minimum Gasteiger partial charge on any atom is -0.396 e. The molecule has 4 rings (SSSR count). The molecule has 4 bridgehead atoms. The minimum absolute atomic E-state index is 0.381. The highest BCUT2D eigenvalue weighted by Crippen LogP contribution is 2.56. The van der Waals surface area contributed by atoms with Gasteiger partial charge in [0.2, 0.25) is 0 Å². The van der Waals surface area contributed by atoms with E-state index in [0.717, 1.165) is 18.4 Å². The molecule has 13 heavy (non-hydrogen) atoms. The predicted octanol–water partition coefficient (Wildman–Crippen LogP) is 1.29. The lowest BCUT2D eigenvalue weighted by molar-refractivity contribution is -0.0597. The molecule has 4 aliphatic rings. The SMILES string of the molecule is C[C@H]1[C@H]2CC[C@@H]3[C@@H](CO[C@H]13)[C@@H]2CO. The summed E-state index contributed by atoms with van der Waals surface area (Å²) in [4.78, 5) is 0. The summed E-state index contributed by atoms with van der Waals surface area (Å²) in [5.41, 5.74) is 0. The zero-order valence-electron chi connectivity index (χ0n) is 8.15. The van der Waals surface area contributed by atoms with Gasteiger partial charge >= 0.3 is 0 Å². The van der Waals surface area contributed by atoms with E-state index in [1.165, 1.54) is 12.8 Å². The van der Waals surface area contributed by atoms with Gasteiger partial charge in [-0.1, -0.05) is 6.92 Å². The van der Waals surface area contributed by atoms with E-state index in [4.69, 9.17) is 4.74 Å². The summed E-state index contributed by atoms with van der Waals surface area (Å²) in [5, 5.41) is 9.40. The van der Waals surface area contributed by atoms with Crippen molar-refractivity contribution in [2.45, 2.75) is 25.9 Å². The molecule has 1 heterocycles. The molecule has 4 fully saturated rings. The van der Waals surface area contributed by atoms with E-state index in [9.17, 15) is 5.11 Å². The fraction of sp³-hybridized carbons (Fsp3) is 1.00. The molecule has 1 aliphatic heterocycles. The lowest BCUT2D eigenvalue weighted by Crippen LogP contribution is -2.49. The first-order valence-electron chi connectivity index (χ1n) is 5.55. The van der Waals surface area contributed by atoms with Crippen LogP contribution in [0, 0.1) is 29.6 Å². The summed E-state index contributed by atoms with van der Waals surface area (Å²) in [6.07, 6.45) is 3.21. The van der Waals surface area contributed by atoms with Crippen LogP contribution in [0.2, 0.25) is 0 Å². The van der Waals surface area contributed by atoms with Gasteiger partial charge in [-0.3, -0.25) is 0 Å². The molecule has 0 aromatic heterocycles. The van der Waals surface area contributed by atoms with Gasteiger partial charge in [-0.15, -0.1) is 0 Å². The van der Waals surface area contributed by atoms with Crippen molar-refractivity contribution in [3.8, 4) is 0 Å². The van der Waals surface area contributed by atoms with Crippen LogP contribution in [-0.4, -0.2) is 24.4 Å². The third kappa shape index (κ3) is 0.909. The van der Waals surface area contributed by atoms with Crippen LogP contribution in [0.5, 0.6) is 0 Å². The van der Waals surface area contributed by atoms with E-state index < -0.39 is 0 Å². The molecule has 2 nitrogen and oxygen atoms in total. The largest absolute Gasteiger partial charge is 0.396 e. The van der Waals surface area contributed by atoms with Crippen molar-refractivity contribution >= 4 is 0 Å². The Hall–Kier alpha value is -0.0800. The summed E-state index contributed by atoms with van der Waals surface area (Å²) >= 11 is 0. The Labute approximate surface area is 79.3 Å². The Morgan fingerprint density at radius 1 is 1.23 bits per heavy atom. The third-order valence-electron chi connectivity index (χ3n) is 4.79. The molecule has 74 valence electrons. The Kier molecular flexibility index (Phi) is 1.72. The molecule has 2 heteroatoms. The Morgan fingerprint density at radius 2 is 2.00 bits per heavy atom. The zero-order valence-corrected chi connectivity index (χ0v) is 8.15. The fourth-order valence-corrected chi connectivity index (χ4v) is 4.16. The first-order valence-corrected chi connectivity index (χ1v) is 5.55. The van der Waals surface area contributed by atoms with Crippen LogP contribution in [0.15, 0.2) is 0 Å². The van der Waals surface area contributed by atoms with E-state index in [0.29, 0.717) is 30.5 Å². The number of rotatable bonds is 1. The van der Waals surface area contributed by atoms with Gasteiger partial charge in [0, 0.05) is 6.61 Å². The average molecular weight is 182 g/mol. The lowest BCUT2D eigenvalue weighted by atomic mass is 9.55. The molecule has 3 aliphatic carbocycles. The van der Waals surface area contributed by atoms with Gasteiger partial charge in [-0.25, -0.2) is 0 Å². The second kappa shape index (κ2) is 2.71. The summed E-state index contributed by atoms with van der Waals surface area (Å²) < 4.78 is 5.84. The average Bonchev–Trinajstić information content (AvgIpc) is 2.54. The van der Waals surface area contributed by atoms with E-state index in [-0.39, 0.29) is 0 Å². The van der Waals surface area contributed by atoms with Crippen molar-refractivity contribution in [3.63, 3.8) is 0 Å². The maximum absolute atomic E-state index is 9.40. The van der Waals surface area contributed by atoms with Crippen LogP contribution >= 0.6 is 0 Å². The van der Waals surface area contributed by atoms with Crippen molar-refractivity contribution in [1.82, 2.24) is 0 Å². The molecule has 0 spiro atoms. The smallest absolute Gasteiger partial charge is 0.0635 e. The highest BCUT2D eigenvalue weighted by atomic mass is 16.5. The molecule has 0 unspecified atom stereocenters. The van der Waals surface area contributed by atoms with Crippen molar-refractivity contribution in [2.75, 3.05) is 13.2 Å². The highest BCUT2D eigenvalue weighted by Gasteiger charge is 2.56. The topological polar surface area (TPSA) is 29.5 Å². The van der Waals surface area contributed by atoms with Crippen molar-refractivity contribution in [2.24, 2.45) is 29.6 Å². The molecule has 0 amide bonds. The summed E-state index contributed by atoms with van der Waals surface area (Å²) in [5.74, 6) is 3.44. The first-order chi connectivity index (χ1) is 6.33. The van der Waals surface area contributed by atoms with Gasteiger partial charge in [-0.05, 0) is 42.4 Å². The molecule has 3 saturated carbocycles. The van der Waals surface area contributed by atoms with E-state index in [2.05, 4.69) is 6.92 Å². The number of hydrogen-bond acceptors (Lipinski definition) is 2.